The largest absolute Gasteiger partial charge is 0.301 e. The van der Waals surface area contributed by atoms with Gasteiger partial charge in [-0.15, -0.1) is 0 Å². The van der Waals surface area contributed by atoms with E-state index in [4.69, 9.17) is 0 Å². The SMILES string of the molecule is C=C/C(=C\C=C/C)C1CCCC(N2CCN(CCC)CC2)CCC1. The lowest BCUT2D eigenvalue weighted by atomic mass is 9.83. The first kappa shape index (κ1) is 19.5. The molecule has 0 N–H and O–H groups in total. The molecular weight excluding hydrogens is 292 g/mol. The minimum absolute atomic E-state index is 0.723. The van der Waals surface area contributed by atoms with Crippen molar-refractivity contribution in [3.63, 3.8) is 0 Å². The van der Waals surface area contributed by atoms with Gasteiger partial charge < -0.3 is 4.90 Å². The van der Waals surface area contributed by atoms with Gasteiger partial charge in [-0.1, -0.05) is 50.6 Å². The summed E-state index contributed by atoms with van der Waals surface area (Å²) in [6.45, 7) is 14.8. The Morgan fingerprint density at radius 2 is 1.71 bits per heavy atom. The van der Waals surface area contributed by atoms with Crippen LogP contribution in [0.25, 0.3) is 0 Å². The third-order valence-corrected chi connectivity index (χ3v) is 5.83. The van der Waals surface area contributed by atoms with Crippen molar-refractivity contribution in [3.8, 4) is 0 Å². The molecule has 1 heterocycles. The molecular formula is C22H38N2. The molecule has 1 saturated carbocycles. The molecule has 2 heteroatoms. The van der Waals surface area contributed by atoms with E-state index in [-0.39, 0.29) is 0 Å². The standard InChI is InChI=1S/C22H38N2/c1-4-7-10-20(6-3)21-11-8-13-22(14-9-12-21)24-18-16-23(15-5-2)17-19-24/h4,6-7,10,21-22H,3,5,8-9,11-19H2,1-2H3/b7-4-,20-10+. The van der Waals surface area contributed by atoms with Crippen LogP contribution in [-0.4, -0.2) is 48.6 Å². The maximum absolute atomic E-state index is 4.04. The first-order valence-electron chi connectivity index (χ1n) is 10.2. The molecule has 1 saturated heterocycles. The molecule has 2 nitrogen and oxygen atoms in total. The molecule has 0 aromatic carbocycles. The highest BCUT2D eigenvalue weighted by Gasteiger charge is 2.25. The molecule has 0 radical (unpaired) electrons. The molecule has 2 fully saturated rings. The molecule has 2 aliphatic rings. The van der Waals surface area contributed by atoms with Crippen LogP contribution in [0.5, 0.6) is 0 Å². The highest BCUT2D eigenvalue weighted by molar-refractivity contribution is 5.24. The zero-order valence-electron chi connectivity index (χ0n) is 16.1. The summed E-state index contributed by atoms with van der Waals surface area (Å²) in [6, 6.07) is 0.835. The van der Waals surface area contributed by atoms with Gasteiger partial charge in [0.15, 0.2) is 0 Å². The summed E-state index contributed by atoms with van der Waals surface area (Å²) in [5, 5.41) is 0. The van der Waals surface area contributed by atoms with Crippen LogP contribution >= 0.6 is 0 Å². The Labute approximate surface area is 150 Å². The molecule has 0 aromatic rings. The van der Waals surface area contributed by atoms with Crippen LogP contribution in [0.4, 0.5) is 0 Å². The van der Waals surface area contributed by atoms with E-state index >= 15 is 0 Å². The van der Waals surface area contributed by atoms with Gasteiger partial charge in [-0.25, -0.2) is 0 Å². The predicted octanol–water partition coefficient (Wildman–Crippen LogP) is 5.04. The lowest BCUT2D eigenvalue weighted by molar-refractivity contribution is 0.0823. The van der Waals surface area contributed by atoms with E-state index in [2.05, 4.69) is 54.5 Å². The fourth-order valence-corrected chi connectivity index (χ4v) is 4.43. The number of hydrogen-bond donors (Lipinski definition) is 0. The molecule has 136 valence electrons. The van der Waals surface area contributed by atoms with E-state index in [0.717, 1.165) is 12.0 Å². The average Bonchev–Trinajstić information content (AvgIpc) is 2.58. The van der Waals surface area contributed by atoms with Crippen molar-refractivity contribution in [1.29, 1.82) is 0 Å². The molecule has 0 amide bonds. The lowest BCUT2D eigenvalue weighted by Crippen LogP contribution is -2.50. The lowest BCUT2D eigenvalue weighted by Gasteiger charge is -2.40. The number of nitrogens with zero attached hydrogens (tertiary/aromatic N) is 2. The van der Waals surface area contributed by atoms with Crippen LogP contribution < -0.4 is 0 Å². The number of hydrogen-bond acceptors (Lipinski definition) is 2. The highest BCUT2D eigenvalue weighted by atomic mass is 15.3. The summed E-state index contributed by atoms with van der Waals surface area (Å²) in [5.74, 6) is 0.723. The first-order chi connectivity index (χ1) is 11.8. The highest BCUT2D eigenvalue weighted by Crippen LogP contribution is 2.30. The van der Waals surface area contributed by atoms with Gasteiger partial charge in [-0.2, -0.15) is 0 Å². The summed E-state index contributed by atoms with van der Waals surface area (Å²) in [7, 11) is 0. The van der Waals surface area contributed by atoms with Gasteiger partial charge in [-0.3, -0.25) is 4.90 Å². The Morgan fingerprint density at radius 1 is 1.04 bits per heavy atom. The summed E-state index contributed by atoms with van der Waals surface area (Å²) >= 11 is 0. The maximum atomic E-state index is 4.04. The van der Waals surface area contributed by atoms with Crippen LogP contribution in [0.3, 0.4) is 0 Å². The van der Waals surface area contributed by atoms with Crippen molar-refractivity contribution in [2.75, 3.05) is 32.7 Å². The first-order valence-corrected chi connectivity index (χ1v) is 10.2. The number of piperazine rings is 1. The molecule has 1 aliphatic carbocycles. The summed E-state index contributed by atoms with van der Waals surface area (Å²) in [4.78, 5) is 5.43. The topological polar surface area (TPSA) is 6.48 Å². The van der Waals surface area contributed by atoms with Crippen molar-refractivity contribution < 1.29 is 0 Å². The summed E-state index contributed by atoms with van der Waals surface area (Å²) in [5.41, 5.74) is 1.44. The van der Waals surface area contributed by atoms with Gasteiger partial charge in [0.2, 0.25) is 0 Å². The van der Waals surface area contributed by atoms with E-state index in [1.807, 2.05) is 0 Å². The fourth-order valence-electron chi connectivity index (χ4n) is 4.43. The van der Waals surface area contributed by atoms with Crippen LogP contribution in [0.1, 0.15) is 58.8 Å². The van der Waals surface area contributed by atoms with Crippen LogP contribution in [-0.2, 0) is 0 Å². The predicted molar refractivity (Wildman–Crippen MR) is 106 cm³/mol. The molecule has 2 rings (SSSR count). The quantitative estimate of drug-likeness (QED) is 0.629. The minimum atomic E-state index is 0.723. The van der Waals surface area contributed by atoms with Gasteiger partial charge in [0.1, 0.15) is 0 Å². The van der Waals surface area contributed by atoms with Gasteiger partial charge in [-0.05, 0) is 57.1 Å². The van der Waals surface area contributed by atoms with Crippen LogP contribution in [0.15, 0.2) is 36.5 Å². The summed E-state index contributed by atoms with van der Waals surface area (Å²) < 4.78 is 0. The Kier molecular flexibility index (Phi) is 8.83. The summed E-state index contributed by atoms with van der Waals surface area (Å²) in [6.07, 6.45) is 18.1. The molecule has 0 atom stereocenters. The van der Waals surface area contributed by atoms with E-state index < -0.39 is 0 Å². The smallest absolute Gasteiger partial charge is 0.0113 e. The van der Waals surface area contributed by atoms with E-state index in [1.165, 1.54) is 83.2 Å². The van der Waals surface area contributed by atoms with Crippen molar-refractivity contribution in [2.45, 2.75) is 64.8 Å². The molecule has 1 aliphatic heterocycles. The van der Waals surface area contributed by atoms with Gasteiger partial charge in [0.25, 0.3) is 0 Å². The average molecular weight is 331 g/mol. The fraction of sp³-hybridized carbons (Fsp3) is 0.727. The zero-order valence-corrected chi connectivity index (χ0v) is 16.1. The Hall–Kier alpha value is -0.860. The third kappa shape index (κ3) is 5.89. The minimum Gasteiger partial charge on any atom is -0.301 e. The number of rotatable bonds is 6. The maximum Gasteiger partial charge on any atom is 0.0113 e. The van der Waals surface area contributed by atoms with E-state index in [0.29, 0.717) is 0 Å². The van der Waals surface area contributed by atoms with Crippen molar-refractivity contribution in [1.82, 2.24) is 9.80 Å². The van der Waals surface area contributed by atoms with Crippen molar-refractivity contribution in [2.24, 2.45) is 5.92 Å². The second-order valence-corrected chi connectivity index (χ2v) is 7.49. The van der Waals surface area contributed by atoms with Crippen LogP contribution in [0, 0.1) is 5.92 Å². The van der Waals surface area contributed by atoms with Crippen molar-refractivity contribution >= 4 is 0 Å². The Balaban J connectivity index is 1.81. The zero-order chi connectivity index (χ0) is 17.2. The monoisotopic (exact) mass is 330 g/mol. The van der Waals surface area contributed by atoms with Gasteiger partial charge >= 0.3 is 0 Å². The Morgan fingerprint density at radius 3 is 2.25 bits per heavy atom. The third-order valence-electron chi connectivity index (χ3n) is 5.83. The van der Waals surface area contributed by atoms with Crippen LogP contribution in [0.2, 0.25) is 0 Å². The molecule has 24 heavy (non-hydrogen) atoms. The van der Waals surface area contributed by atoms with Gasteiger partial charge in [0.05, 0.1) is 0 Å². The van der Waals surface area contributed by atoms with E-state index in [1.54, 1.807) is 0 Å². The van der Waals surface area contributed by atoms with Crippen molar-refractivity contribution in [3.05, 3.63) is 36.5 Å². The number of allylic oxidation sites excluding steroid dienone is 5. The molecule has 0 aromatic heterocycles. The Bertz CT molecular complexity index is 406. The molecule has 0 spiro atoms. The second kappa shape index (κ2) is 10.9. The second-order valence-electron chi connectivity index (χ2n) is 7.49. The van der Waals surface area contributed by atoms with E-state index in [9.17, 15) is 0 Å². The molecule has 0 unspecified atom stereocenters. The molecule has 0 bridgehead atoms. The van der Waals surface area contributed by atoms with Gasteiger partial charge in [0, 0.05) is 32.2 Å². The normalized spacial score (nSPS) is 28.7.